The van der Waals surface area contributed by atoms with Crippen LogP contribution in [0.1, 0.15) is 44.3 Å². The molecule has 2 aromatic heterocycles. The Hall–Kier alpha value is -3.15. The smallest absolute Gasteiger partial charge is 0.439 e. The molecular weight excluding hydrogens is 562 g/mol. The minimum Gasteiger partial charge on any atom is -0.491 e. The summed E-state index contributed by atoms with van der Waals surface area (Å²) in [7, 11) is 0. The first-order chi connectivity index (χ1) is 19.7. The molecule has 0 saturated carbocycles. The van der Waals surface area contributed by atoms with Gasteiger partial charge in [-0.3, -0.25) is 18.9 Å². The molecule has 0 aliphatic heterocycles. The van der Waals surface area contributed by atoms with Crippen molar-refractivity contribution in [1.82, 2.24) is 19.7 Å². The topological polar surface area (TPSA) is 103 Å². The van der Waals surface area contributed by atoms with Crippen molar-refractivity contribution >= 4 is 51.4 Å². The number of aromatic amines is 1. The van der Waals surface area contributed by atoms with Crippen molar-refractivity contribution in [3.8, 4) is 39.4 Å². The predicted octanol–water partition coefficient (Wildman–Crippen LogP) is 5.78. The molecule has 0 fully saturated rings. The van der Waals surface area contributed by atoms with Crippen LogP contribution in [0.2, 0.25) is 0 Å². The van der Waals surface area contributed by atoms with Crippen LogP contribution in [0, 0.1) is 12.7 Å². The minimum atomic E-state index is -0.690. The summed E-state index contributed by atoms with van der Waals surface area (Å²) in [6.07, 6.45) is 1.46. The Labute approximate surface area is 285 Å². The molecule has 0 spiro atoms. The van der Waals surface area contributed by atoms with E-state index < -0.39 is 11.6 Å². The normalized spacial score (nSPS) is 11.0. The van der Waals surface area contributed by atoms with Crippen molar-refractivity contribution in [2.45, 2.75) is 53.2 Å². The fourth-order valence-corrected chi connectivity index (χ4v) is 4.93. The van der Waals surface area contributed by atoms with E-state index in [2.05, 4.69) is 14.7 Å². The third-order valence-electron chi connectivity index (χ3n) is 6.70. The summed E-state index contributed by atoms with van der Waals surface area (Å²) in [4.78, 5) is 32.7. The summed E-state index contributed by atoms with van der Waals surface area (Å²) in [6.45, 7) is 7.95. The van der Waals surface area contributed by atoms with Crippen molar-refractivity contribution in [3.63, 3.8) is 0 Å². The predicted molar refractivity (Wildman–Crippen MR) is 161 cm³/mol. The SMILES string of the molecule is CCCc1nc(C)c(-c2ccc(OC(C)C)cc2)c(=O)n1Cc1ccc(-c2ccccc2-c2noc(=O)[nH]2)c(F)c1.[K]. The van der Waals surface area contributed by atoms with Gasteiger partial charge in [-0.2, -0.15) is 0 Å². The number of aromatic nitrogens is 4. The molecule has 0 saturated heterocycles. The number of nitrogens with zero attached hydrogens (tertiary/aromatic N) is 3. The molecule has 8 nitrogen and oxygen atoms in total. The number of hydrogen-bond donors (Lipinski definition) is 1. The Morgan fingerprint density at radius 1 is 1.00 bits per heavy atom. The molecule has 1 N–H and O–H groups in total. The van der Waals surface area contributed by atoms with Gasteiger partial charge in [0.2, 0.25) is 0 Å². The first-order valence-corrected chi connectivity index (χ1v) is 13.6. The molecule has 211 valence electrons. The Morgan fingerprint density at radius 3 is 2.33 bits per heavy atom. The van der Waals surface area contributed by atoms with Gasteiger partial charge < -0.3 is 4.74 Å². The monoisotopic (exact) mass is 593 g/mol. The summed E-state index contributed by atoms with van der Waals surface area (Å²) < 4.78 is 27.6. The summed E-state index contributed by atoms with van der Waals surface area (Å²) >= 11 is 0. The molecule has 5 rings (SSSR count). The van der Waals surface area contributed by atoms with Crippen molar-refractivity contribution in [3.05, 3.63) is 111 Å². The number of halogens is 1. The molecular formula is C32H31FKN4O4. The van der Waals surface area contributed by atoms with Crippen LogP contribution in [0.3, 0.4) is 0 Å². The van der Waals surface area contributed by atoms with E-state index in [0.29, 0.717) is 45.8 Å². The Balaban J connectivity index is 0.00000405. The molecule has 0 bridgehead atoms. The van der Waals surface area contributed by atoms with Crippen LogP contribution in [0.5, 0.6) is 5.75 Å². The third-order valence-corrected chi connectivity index (χ3v) is 6.70. The van der Waals surface area contributed by atoms with E-state index in [1.165, 1.54) is 6.07 Å². The van der Waals surface area contributed by atoms with Gasteiger partial charge in [0.05, 0.1) is 23.9 Å². The van der Waals surface area contributed by atoms with Crippen LogP contribution >= 0.6 is 0 Å². The second-order valence-corrected chi connectivity index (χ2v) is 10.1. The molecule has 10 heteroatoms. The number of hydrogen-bond acceptors (Lipinski definition) is 6. The van der Waals surface area contributed by atoms with Gasteiger partial charge in [0.15, 0.2) is 5.82 Å². The zero-order valence-electron chi connectivity index (χ0n) is 24.4. The van der Waals surface area contributed by atoms with Crippen LogP contribution < -0.4 is 16.1 Å². The van der Waals surface area contributed by atoms with E-state index in [0.717, 1.165) is 17.7 Å². The van der Waals surface area contributed by atoms with E-state index in [9.17, 15) is 9.59 Å². The molecule has 5 aromatic rings. The largest absolute Gasteiger partial charge is 0.491 e. The first-order valence-electron chi connectivity index (χ1n) is 13.6. The van der Waals surface area contributed by atoms with E-state index >= 15 is 4.39 Å². The maximum absolute atomic E-state index is 15.6. The first kappa shape index (κ1) is 31.8. The van der Waals surface area contributed by atoms with Gasteiger partial charge >= 0.3 is 5.76 Å². The second-order valence-electron chi connectivity index (χ2n) is 10.1. The molecule has 0 aliphatic carbocycles. The molecule has 42 heavy (non-hydrogen) atoms. The van der Waals surface area contributed by atoms with Crippen LogP contribution in [0.4, 0.5) is 4.39 Å². The molecule has 0 atom stereocenters. The number of aryl methyl sites for hydroxylation is 2. The van der Waals surface area contributed by atoms with Gasteiger partial charge in [0.25, 0.3) is 5.56 Å². The summed E-state index contributed by atoms with van der Waals surface area (Å²) in [5, 5.41) is 3.75. The van der Waals surface area contributed by atoms with Crippen LogP contribution in [0.15, 0.2) is 80.8 Å². The van der Waals surface area contributed by atoms with Gasteiger partial charge in [-0.1, -0.05) is 60.6 Å². The summed E-state index contributed by atoms with van der Waals surface area (Å²) in [5.74, 6) is 0.441. The third kappa shape index (κ3) is 6.90. The number of nitrogens with one attached hydrogen (secondary N) is 1. The van der Waals surface area contributed by atoms with Crippen molar-refractivity contribution in [2.24, 2.45) is 0 Å². The maximum Gasteiger partial charge on any atom is 0.439 e. The number of ether oxygens (including phenoxy) is 1. The van der Waals surface area contributed by atoms with Gasteiger partial charge in [-0.15, -0.1) is 0 Å². The fourth-order valence-electron chi connectivity index (χ4n) is 4.93. The average molecular weight is 594 g/mol. The standard InChI is InChI=1S/C32H31FN4O4.K/c1-5-8-28-34-20(4)29(22-12-14-23(15-13-22)40-19(2)3)31(38)37(28)18-21-11-16-25(27(33)17-21)24-9-6-7-10-26(24)30-35-32(39)41-36-30;/h6-7,9-17,19H,5,8,18H2,1-4H3,(H,35,36,39);. The van der Waals surface area contributed by atoms with E-state index in [1.807, 2.05) is 52.0 Å². The second kappa shape index (κ2) is 13.9. The Bertz CT molecular complexity index is 1810. The molecule has 3 aromatic carbocycles. The molecule has 0 unspecified atom stereocenters. The zero-order chi connectivity index (χ0) is 29.1. The molecule has 0 amide bonds. The quantitative estimate of drug-likeness (QED) is 0.218. The summed E-state index contributed by atoms with van der Waals surface area (Å²) in [6, 6.07) is 19.3. The van der Waals surface area contributed by atoms with Gasteiger partial charge in [-0.25, -0.2) is 14.2 Å². The van der Waals surface area contributed by atoms with E-state index in [-0.39, 0.29) is 75.4 Å². The zero-order valence-corrected chi connectivity index (χ0v) is 27.5. The number of benzene rings is 3. The minimum absolute atomic E-state index is 0. The Morgan fingerprint density at radius 2 is 1.71 bits per heavy atom. The van der Waals surface area contributed by atoms with Crippen LogP contribution in [-0.2, 0) is 13.0 Å². The van der Waals surface area contributed by atoms with E-state index in [4.69, 9.17) is 9.72 Å². The average Bonchev–Trinajstić information content (AvgIpc) is 3.38. The van der Waals surface area contributed by atoms with Gasteiger partial charge in [0, 0.05) is 68.9 Å². The number of rotatable bonds is 9. The maximum atomic E-state index is 15.6. The fraction of sp³-hybridized carbons (Fsp3) is 0.250. The van der Waals surface area contributed by atoms with Crippen molar-refractivity contribution < 1.29 is 13.7 Å². The summed E-state index contributed by atoms with van der Waals surface area (Å²) in [5.41, 5.74) is 3.76. The van der Waals surface area contributed by atoms with Crippen molar-refractivity contribution in [2.75, 3.05) is 0 Å². The van der Waals surface area contributed by atoms with Gasteiger partial charge in [0.1, 0.15) is 17.4 Å². The van der Waals surface area contributed by atoms with E-state index in [1.54, 1.807) is 41.0 Å². The Kier molecular flexibility index (Phi) is 10.5. The molecule has 2 heterocycles. The van der Waals surface area contributed by atoms with Gasteiger partial charge in [-0.05, 0) is 62.1 Å². The van der Waals surface area contributed by atoms with Crippen LogP contribution in [0.25, 0.3) is 33.6 Å². The van der Waals surface area contributed by atoms with Crippen LogP contribution in [-0.4, -0.2) is 77.2 Å². The van der Waals surface area contributed by atoms with Crippen molar-refractivity contribution in [1.29, 1.82) is 0 Å². The molecule has 1 radical (unpaired) electrons. The molecule has 0 aliphatic rings. The number of H-pyrrole nitrogens is 1.